The fourth-order valence-electron chi connectivity index (χ4n) is 0.718. The fraction of sp³-hybridized carbons (Fsp3) is 0.867. The van der Waals surface area contributed by atoms with Crippen molar-refractivity contribution in [3.63, 3.8) is 0 Å². The maximum absolute atomic E-state index is 5.30. The summed E-state index contributed by atoms with van der Waals surface area (Å²) in [5, 5.41) is 0. The summed E-state index contributed by atoms with van der Waals surface area (Å²) >= 11 is 0. The molecule has 1 heteroatoms. The molecule has 0 saturated heterocycles. The Morgan fingerprint density at radius 3 is 1.25 bits per heavy atom. The first-order chi connectivity index (χ1) is 7.25. The van der Waals surface area contributed by atoms with E-state index in [1.54, 1.807) is 0 Å². The molecule has 0 radical (unpaired) electrons. The van der Waals surface area contributed by atoms with E-state index in [1.165, 1.54) is 0 Å². The summed E-state index contributed by atoms with van der Waals surface area (Å²) in [7, 11) is 0. The Kier molecular flexibility index (Phi) is 12.3. The van der Waals surface area contributed by atoms with Gasteiger partial charge in [0.1, 0.15) is 0 Å². The second kappa shape index (κ2) is 11.0. The minimum absolute atomic E-state index is 0.386. The zero-order valence-corrected chi connectivity index (χ0v) is 12.4. The molecule has 96 valence electrons. The van der Waals surface area contributed by atoms with Crippen LogP contribution >= 0.6 is 0 Å². The van der Waals surface area contributed by atoms with E-state index in [-0.39, 0.29) is 0 Å². The van der Waals surface area contributed by atoms with Gasteiger partial charge >= 0.3 is 0 Å². The largest absolute Gasteiger partial charge is 0.379 e. The van der Waals surface area contributed by atoms with Gasteiger partial charge in [-0.2, -0.15) is 0 Å². The third-order valence-electron chi connectivity index (χ3n) is 1.42. The minimum atomic E-state index is 0.386. The lowest BCUT2D eigenvalue weighted by molar-refractivity contribution is 0.0593. The monoisotopic (exact) mass is 226 g/mol. The maximum Gasteiger partial charge on any atom is 0.0518 e. The molecule has 0 heterocycles. The predicted octanol–water partition coefficient (Wildman–Crippen LogP) is 4.37. The van der Waals surface area contributed by atoms with Crippen molar-refractivity contribution in [3.05, 3.63) is 0 Å². The third kappa shape index (κ3) is 23.4. The van der Waals surface area contributed by atoms with Crippen molar-refractivity contribution in [3.8, 4) is 11.8 Å². The normalized spacial score (nSPS) is 10.2. The van der Waals surface area contributed by atoms with Crippen LogP contribution in [0.15, 0.2) is 0 Å². The molecule has 0 saturated carbocycles. The summed E-state index contributed by atoms with van der Waals surface area (Å²) < 4.78 is 5.30. The van der Waals surface area contributed by atoms with Crippen molar-refractivity contribution in [2.75, 3.05) is 6.61 Å². The van der Waals surface area contributed by atoms with E-state index in [2.05, 4.69) is 67.2 Å². The van der Waals surface area contributed by atoms with E-state index in [9.17, 15) is 0 Å². The molecule has 0 aliphatic carbocycles. The summed E-state index contributed by atoms with van der Waals surface area (Å²) in [5.41, 5.74) is 0. The van der Waals surface area contributed by atoms with Crippen LogP contribution in [-0.2, 0) is 4.74 Å². The van der Waals surface area contributed by atoms with Gasteiger partial charge in [-0.15, -0.1) is 11.8 Å². The van der Waals surface area contributed by atoms with E-state index >= 15 is 0 Å². The Hall–Kier alpha value is -0.480. The van der Waals surface area contributed by atoms with E-state index in [0.29, 0.717) is 23.9 Å². The standard InChI is InChI=1S/C8H14.C7H16O/c1-7(2)5-6-8(3)4;1-6(2)5-8-7(3)4/h7-8H,1-4H3;6-7H,5H2,1-4H3. The average Bonchev–Trinajstić information content (AvgIpc) is 2.12. The average molecular weight is 226 g/mol. The molecule has 0 aliphatic heterocycles. The molecule has 0 fully saturated rings. The lowest BCUT2D eigenvalue weighted by Crippen LogP contribution is -2.08. The zero-order chi connectivity index (χ0) is 13.1. The molecular weight excluding hydrogens is 196 g/mol. The van der Waals surface area contributed by atoms with Crippen LogP contribution in [0, 0.1) is 29.6 Å². The fourth-order valence-corrected chi connectivity index (χ4v) is 0.718. The molecule has 0 aromatic rings. The zero-order valence-electron chi connectivity index (χ0n) is 12.4. The summed E-state index contributed by atoms with van der Waals surface area (Å²) in [4.78, 5) is 0. The Balaban J connectivity index is 0. The highest BCUT2D eigenvalue weighted by molar-refractivity contribution is 5.03. The van der Waals surface area contributed by atoms with Gasteiger partial charge < -0.3 is 4.74 Å². The van der Waals surface area contributed by atoms with E-state index in [1.807, 2.05) is 0 Å². The minimum Gasteiger partial charge on any atom is -0.379 e. The van der Waals surface area contributed by atoms with Crippen molar-refractivity contribution in [1.82, 2.24) is 0 Å². The predicted molar refractivity (Wildman–Crippen MR) is 73.4 cm³/mol. The van der Waals surface area contributed by atoms with Crippen LogP contribution in [0.25, 0.3) is 0 Å². The van der Waals surface area contributed by atoms with Crippen molar-refractivity contribution in [2.24, 2.45) is 17.8 Å². The number of hydrogen-bond donors (Lipinski definition) is 0. The Morgan fingerprint density at radius 1 is 0.750 bits per heavy atom. The Labute approximate surface area is 103 Å². The molecule has 0 spiro atoms. The van der Waals surface area contributed by atoms with Crippen molar-refractivity contribution >= 4 is 0 Å². The van der Waals surface area contributed by atoms with Crippen molar-refractivity contribution in [2.45, 2.75) is 61.5 Å². The number of rotatable bonds is 3. The van der Waals surface area contributed by atoms with Gasteiger partial charge in [0.05, 0.1) is 6.10 Å². The summed E-state index contributed by atoms with van der Waals surface area (Å²) in [6.45, 7) is 17.7. The van der Waals surface area contributed by atoms with Gasteiger partial charge in [0, 0.05) is 18.4 Å². The molecule has 0 N–H and O–H groups in total. The van der Waals surface area contributed by atoms with Crippen LogP contribution in [0.2, 0.25) is 0 Å². The first kappa shape index (κ1) is 17.9. The molecule has 0 aromatic carbocycles. The summed E-state index contributed by atoms with van der Waals surface area (Å²) in [6.07, 6.45) is 0.386. The Morgan fingerprint density at radius 2 is 1.12 bits per heavy atom. The molecule has 0 aromatic heterocycles. The first-order valence-electron chi connectivity index (χ1n) is 6.38. The van der Waals surface area contributed by atoms with Gasteiger partial charge in [0.15, 0.2) is 0 Å². The van der Waals surface area contributed by atoms with Gasteiger partial charge in [-0.1, -0.05) is 41.5 Å². The van der Waals surface area contributed by atoms with Crippen LogP contribution in [0.3, 0.4) is 0 Å². The number of ether oxygens (including phenoxy) is 1. The molecule has 0 rings (SSSR count). The molecule has 0 bridgehead atoms. The van der Waals surface area contributed by atoms with E-state index in [0.717, 1.165) is 6.61 Å². The molecule has 1 nitrogen and oxygen atoms in total. The summed E-state index contributed by atoms with van der Waals surface area (Å²) in [5.74, 6) is 7.90. The van der Waals surface area contributed by atoms with Gasteiger partial charge in [0.2, 0.25) is 0 Å². The highest BCUT2D eigenvalue weighted by atomic mass is 16.5. The summed E-state index contributed by atoms with van der Waals surface area (Å²) in [6, 6.07) is 0. The molecule has 0 amide bonds. The topological polar surface area (TPSA) is 9.23 Å². The molecule has 0 atom stereocenters. The van der Waals surface area contributed by atoms with Crippen molar-refractivity contribution in [1.29, 1.82) is 0 Å². The smallest absolute Gasteiger partial charge is 0.0518 e. The second-order valence-electron chi connectivity index (χ2n) is 5.37. The van der Waals surface area contributed by atoms with Crippen LogP contribution < -0.4 is 0 Å². The van der Waals surface area contributed by atoms with Crippen LogP contribution in [-0.4, -0.2) is 12.7 Å². The molecular formula is C15H30O. The van der Waals surface area contributed by atoms with E-state index in [4.69, 9.17) is 4.74 Å². The third-order valence-corrected chi connectivity index (χ3v) is 1.42. The number of hydrogen-bond acceptors (Lipinski definition) is 1. The lowest BCUT2D eigenvalue weighted by Gasteiger charge is -2.08. The quantitative estimate of drug-likeness (QED) is 0.649. The molecule has 16 heavy (non-hydrogen) atoms. The van der Waals surface area contributed by atoms with Crippen molar-refractivity contribution < 1.29 is 4.74 Å². The van der Waals surface area contributed by atoms with E-state index < -0.39 is 0 Å². The van der Waals surface area contributed by atoms with Gasteiger partial charge in [0.25, 0.3) is 0 Å². The van der Waals surface area contributed by atoms with Crippen LogP contribution in [0.4, 0.5) is 0 Å². The Bertz CT molecular complexity index is 171. The van der Waals surface area contributed by atoms with Gasteiger partial charge in [-0.25, -0.2) is 0 Å². The van der Waals surface area contributed by atoms with Crippen LogP contribution in [0.1, 0.15) is 55.4 Å². The first-order valence-corrected chi connectivity index (χ1v) is 6.38. The highest BCUT2D eigenvalue weighted by Gasteiger charge is 1.94. The maximum atomic E-state index is 5.30. The van der Waals surface area contributed by atoms with Gasteiger partial charge in [-0.3, -0.25) is 0 Å². The van der Waals surface area contributed by atoms with Crippen LogP contribution in [0.5, 0.6) is 0 Å². The second-order valence-corrected chi connectivity index (χ2v) is 5.37. The molecule has 0 unspecified atom stereocenters. The SMILES string of the molecule is CC(C)C#CC(C)C.CC(C)COC(C)C. The molecule has 0 aliphatic rings. The highest BCUT2D eigenvalue weighted by Crippen LogP contribution is 1.95. The van der Waals surface area contributed by atoms with Gasteiger partial charge in [-0.05, 0) is 19.8 Å². The lowest BCUT2D eigenvalue weighted by atomic mass is 10.2.